The molecule has 0 heterocycles. The summed E-state index contributed by atoms with van der Waals surface area (Å²) in [4.78, 5) is 65.0. The van der Waals surface area contributed by atoms with Crippen LogP contribution in [0.5, 0.6) is 0 Å². The molecule has 37 heavy (non-hydrogen) atoms. The molecule has 14 nitrogen and oxygen atoms in total. The molecule has 12 N–H and O–H groups in total. The van der Waals surface area contributed by atoms with E-state index in [1.807, 2.05) is 6.07 Å². The van der Waals surface area contributed by atoms with E-state index in [1.165, 1.54) is 0 Å². The lowest BCUT2D eigenvalue weighted by Gasteiger charge is -2.24. The molecule has 4 amide bonds. The highest BCUT2D eigenvalue weighted by Gasteiger charge is 2.30. The van der Waals surface area contributed by atoms with E-state index >= 15 is 0 Å². The molecule has 0 radical (unpaired) electrons. The molecule has 0 bridgehead atoms. The van der Waals surface area contributed by atoms with Crippen LogP contribution in [0.1, 0.15) is 24.8 Å². The van der Waals surface area contributed by atoms with E-state index in [4.69, 9.17) is 28.0 Å². The number of nitrogens with two attached hydrogens (primary N) is 4. The fourth-order valence-corrected chi connectivity index (χ4v) is 3.40. The van der Waals surface area contributed by atoms with Crippen LogP contribution in [0.15, 0.2) is 35.3 Å². The minimum atomic E-state index is -1.50. The number of nitrogens with one attached hydrogen (secondary N) is 3. The quantitative estimate of drug-likeness (QED) is 0.0447. The molecule has 1 aromatic carbocycles. The predicted molar refractivity (Wildman–Crippen MR) is 139 cm³/mol. The summed E-state index contributed by atoms with van der Waals surface area (Å²) in [6, 6.07) is 4.00. The first kappa shape index (κ1) is 31.2. The van der Waals surface area contributed by atoms with Crippen LogP contribution in [-0.2, 0) is 30.4 Å². The van der Waals surface area contributed by atoms with Gasteiger partial charge in [-0.1, -0.05) is 30.3 Å². The monoisotopic (exact) mass is 538 g/mol. The van der Waals surface area contributed by atoms with Gasteiger partial charge in [-0.25, -0.2) is 4.79 Å². The molecule has 15 heteroatoms. The standard InChI is InChI=1S/C22H34N8O6S/c23-13(9-12-5-2-1-3-6-12)18(32)28-14(7-4-8-27-22(25)26)19(33)29-15(10-17(24)31)20(34)30-16(11-37)21(35)36/h1-3,5-6,13-16,37H,4,7-11,23H2,(H2,24,31)(H,28,32)(H,29,33)(H,30,34)(H,35,36)(H4,25,26,27). The van der Waals surface area contributed by atoms with Gasteiger partial charge in [0.25, 0.3) is 0 Å². The zero-order valence-electron chi connectivity index (χ0n) is 20.1. The van der Waals surface area contributed by atoms with Crippen molar-refractivity contribution in [3.05, 3.63) is 35.9 Å². The van der Waals surface area contributed by atoms with Crippen LogP contribution in [0.2, 0.25) is 0 Å². The Bertz CT molecular complexity index is 973. The molecule has 1 rings (SSSR count). The maximum absolute atomic E-state index is 13.1. The van der Waals surface area contributed by atoms with Gasteiger partial charge in [0.1, 0.15) is 18.1 Å². The summed E-state index contributed by atoms with van der Waals surface area (Å²) in [6.45, 7) is 0.158. The van der Waals surface area contributed by atoms with Crippen LogP contribution >= 0.6 is 12.6 Å². The number of primary amides is 1. The van der Waals surface area contributed by atoms with Crippen LogP contribution in [0.3, 0.4) is 0 Å². The van der Waals surface area contributed by atoms with Gasteiger partial charge >= 0.3 is 5.97 Å². The summed E-state index contributed by atoms with van der Waals surface area (Å²) >= 11 is 3.86. The Morgan fingerprint density at radius 1 is 0.892 bits per heavy atom. The van der Waals surface area contributed by atoms with Crippen LogP contribution in [0, 0.1) is 0 Å². The number of nitrogens with zero attached hydrogens (tertiary/aromatic N) is 1. The van der Waals surface area contributed by atoms with Crippen LogP contribution < -0.4 is 38.9 Å². The number of carboxylic acids is 1. The molecule has 4 atom stereocenters. The van der Waals surface area contributed by atoms with Gasteiger partial charge in [0.15, 0.2) is 5.96 Å². The van der Waals surface area contributed by atoms with Gasteiger partial charge in [-0.15, -0.1) is 0 Å². The molecular weight excluding hydrogens is 504 g/mol. The molecule has 1 aromatic rings. The van der Waals surface area contributed by atoms with E-state index in [2.05, 4.69) is 33.6 Å². The Morgan fingerprint density at radius 3 is 2.00 bits per heavy atom. The van der Waals surface area contributed by atoms with Gasteiger partial charge in [-0.3, -0.25) is 24.2 Å². The van der Waals surface area contributed by atoms with Crippen molar-refractivity contribution in [3.8, 4) is 0 Å². The van der Waals surface area contributed by atoms with Crippen LogP contribution in [0.4, 0.5) is 0 Å². The maximum atomic E-state index is 13.1. The lowest BCUT2D eigenvalue weighted by molar-refractivity contribution is -0.141. The number of amides is 4. The van der Waals surface area contributed by atoms with Crippen molar-refractivity contribution in [3.63, 3.8) is 0 Å². The Labute approximate surface area is 219 Å². The second-order valence-electron chi connectivity index (χ2n) is 8.12. The SMILES string of the molecule is NC(=O)CC(NC(=O)C(CCCN=C(N)N)NC(=O)C(N)Cc1ccccc1)C(=O)NC(CS)C(=O)O. The highest BCUT2D eigenvalue weighted by Crippen LogP contribution is 2.05. The number of carboxylic acid groups (broad SMARTS) is 1. The van der Waals surface area contributed by atoms with Crippen molar-refractivity contribution in [1.29, 1.82) is 0 Å². The number of hydrogen-bond donors (Lipinski definition) is 9. The number of thiol groups is 1. The molecular formula is C22H34N8O6S. The molecule has 0 saturated carbocycles. The zero-order chi connectivity index (χ0) is 28.0. The van der Waals surface area contributed by atoms with Gasteiger partial charge < -0.3 is 44.0 Å². The molecule has 0 aliphatic heterocycles. The first-order valence-electron chi connectivity index (χ1n) is 11.3. The number of aliphatic carboxylic acids is 1. The molecule has 0 aliphatic rings. The van der Waals surface area contributed by atoms with E-state index in [1.54, 1.807) is 24.3 Å². The van der Waals surface area contributed by atoms with Crippen LogP contribution in [-0.4, -0.2) is 77.1 Å². The predicted octanol–water partition coefficient (Wildman–Crippen LogP) is -3.05. The smallest absolute Gasteiger partial charge is 0.327 e. The van der Waals surface area contributed by atoms with Gasteiger partial charge in [0.05, 0.1) is 12.5 Å². The number of aliphatic imine (C=N–C) groups is 1. The van der Waals surface area contributed by atoms with Crippen molar-refractivity contribution in [2.24, 2.45) is 27.9 Å². The molecule has 4 unspecified atom stereocenters. The van der Waals surface area contributed by atoms with E-state index in [9.17, 15) is 24.0 Å². The van der Waals surface area contributed by atoms with Gasteiger partial charge in [-0.05, 0) is 24.8 Å². The van der Waals surface area contributed by atoms with E-state index in [0.717, 1.165) is 5.56 Å². The normalized spacial score (nSPS) is 13.8. The summed E-state index contributed by atoms with van der Waals surface area (Å²) in [5, 5.41) is 16.2. The number of carbonyl (C=O) groups excluding carboxylic acids is 4. The summed E-state index contributed by atoms with van der Waals surface area (Å²) in [5.41, 5.74) is 22.6. The summed E-state index contributed by atoms with van der Waals surface area (Å²) < 4.78 is 0. The lowest BCUT2D eigenvalue weighted by Crippen LogP contribution is -2.58. The number of guanidine groups is 1. The highest BCUT2D eigenvalue weighted by molar-refractivity contribution is 7.80. The average Bonchev–Trinajstić information content (AvgIpc) is 2.83. The van der Waals surface area contributed by atoms with Gasteiger partial charge in [-0.2, -0.15) is 12.6 Å². The fourth-order valence-electron chi connectivity index (χ4n) is 3.15. The van der Waals surface area contributed by atoms with Crippen LogP contribution in [0.25, 0.3) is 0 Å². The van der Waals surface area contributed by atoms with Crippen molar-refractivity contribution in [2.45, 2.75) is 49.9 Å². The summed E-state index contributed by atoms with van der Waals surface area (Å²) in [5.74, 6) is -5.06. The van der Waals surface area contributed by atoms with Gasteiger partial charge in [0.2, 0.25) is 23.6 Å². The molecule has 0 spiro atoms. The van der Waals surface area contributed by atoms with Gasteiger partial charge in [0, 0.05) is 12.3 Å². The second-order valence-corrected chi connectivity index (χ2v) is 8.48. The van der Waals surface area contributed by atoms with E-state index in [-0.39, 0.29) is 37.5 Å². The third-order valence-corrected chi connectivity index (χ3v) is 5.41. The minimum absolute atomic E-state index is 0.0612. The fraction of sp³-hybridized carbons (Fsp3) is 0.455. The largest absolute Gasteiger partial charge is 0.480 e. The first-order chi connectivity index (χ1) is 17.4. The topological polar surface area (TPSA) is 258 Å². The van der Waals surface area contributed by atoms with Crippen molar-refractivity contribution >= 4 is 48.2 Å². The Kier molecular flexibility index (Phi) is 13.5. The van der Waals surface area contributed by atoms with Crippen molar-refractivity contribution in [1.82, 2.24) is 16.0 Å². The number of rotatable bonds is 16. The Hall–Kier alpha value is -3.85. The molecule has 204 valence electrons. The van der Waals surface area contributed by atoms with Crippen molar-refractivity contribution < 1.29 is 29.1 Å². The Morgan fingerprint density at radius 2 is 1.46 bits per heavy atom. The third kappa shape index (κ3) is 12.1. The highest BCUT2D eigenvalue weighted by atomic mass is 32.1. The van der Waals surface area contributed by atoms with Crippen molar-refractivity contribution in [2.75, 3.05) is 12.3 Å². The second kappa shape index (κ2) is 16.0. The molecule has 0 fully saturated rings. The summed E-state index contributed by atoms with van der Waals surface area (Å²) in [6.07, 6.45) is -0.0655. The average molecular weight is 539 g/mol. The number of benzene rings is 1. The number of carbonyl (C=O) groups is 5. The van der Waals surface area contributed by atoms with E-state index < -0.39 is 60.2 Å². The minimum Gasteiger partial charge on any atom is -0.480 e. The third-order valence-electron chi connectivity index (χ3n) is 5.05. The molecule has 0 saturated heterocycles. The number of hydrogen-bond acceptors (Lipinski definition) is 8. The zero-order valence-corrected chi connectivity index (χ0v) is 21.0. The Balaban J connectivity index is 3.00. The first-order valence-corrected chi connectivity index (χ1v) is 12.0. The molecule has 0 aliphatic carbocycles. The van der Waals surface area contributed by atoms with E-state index in [0.29, 0.717) is 0 Å². The lowest BCUT2D eigenvalue weighted by atomic mass is 10.0. The molecule has 0 aromatic heterocycles. The summed E-state index contributed by atoms with van der Waals surface area (Å²) in [7, 11) is 0. The maximum Gasteiger partial charge on any atom is 0.327 e.